The van der Waals surface area contributed by atoms with E-state index in [-0.39, 0.29) is 0 Å². The van der Waals surface area contributed by atoms with E-state index in [0.717, 1.165) is 18.1 Å². The van der Waals surface area contributed by atoms with Gasteiger partial charge in [-0.05, 0) is 20.3 Å². The van der Waals surface area contributed by atoms with Crippen molar-refractivity contribution in [2.24, 2.45) is 0 Å². The number of fused-ring (bicyclic) bond motifs is 2. The van der Waals surface area contributed by atoms with Gasteiger partial charge in [0.15, 0.2) is 0 Å². The average molecular weight is 266 g/mol. The van der Waals surface area contributed by atoms with E-state index in [1.807, 2.05) is 0 Å². The zero-order valence-electron chi connectivity index (χ0n) is 7.13. The third kappa shape index (κ3) is 1.31. The first-order valence-corrected chi connectivity index (χ1v) is 5.33. The quantitative estimate of drug-likeness (QED) is 0.524. The predicted octanol–water partition coefficient (Wildman–Crippen LogP) is 1.50. The molecule has 3 aliphatic rings. The molecule has 3 rings (SSSR count). The van der Waals surface area contributed by atoms with E-state index >= 15 is 0 Å². The molecule has 64 valence electrons. The fourth-order valence-electron chi connectivity index (χ4n) is 2.43. The van der Waals surface area contributed by atoms with Gasteiger partial charge < -0.3 is 0 Å². The number of halogens is 1. The third-order valence-corrected chi connectivity index (χ3v) is 3.59. The molecule has 3 saturated heterocycles. The molecule has 2 nitrogen and oxygen atoms in total. The Kier molecular flexibility index (Phi) is 2.14. The Morgan fingerprint density at radius 1 is 1.27 bits per heavy atom. The fourth-order valence-corrected chi connectivity index (χ4v) is 3.34. The van der Waals surface area contributed by atoms with Gasteiger partial charge >= 0.3 is 0 Å². The highest BCUT2D eigenvalue weighted by atomic mass is 127. The Hall–Kier alpha value is 0.650. The van der Waals surface area contributed by atoms with Crippen LogP contribution < -0.4 is 0 Å². The van der Waals surface area contributed by atoms with Gasteiger partial charge in [-0.3, -0.25) is 4.90 Å². The lowest BCUT2D eigenvalue weighted by atomic mass is 9.87. The van der Waals surface area contributed by atoms with Crippen LogP contribution in [0, 0.1) is 0 Å². The van der Waals surface area contributed by atoms with Gasteiger partial charge in [-0.15, -0.1) is 0 Å². The van der Waals surface area contributed by atoms with Crippen LogP contribution in [0.4, 0.5) is 0 Å². The fraction of sp³-hybridized carbons (Fsp3) is 1.00. The summed E-state index contributed by atoms with van der Waals surface area (Å²) >= 11 is 2.44. The molecule has 0 amide bonds. The second kappa shape index (κ2) is 2.85. The Labute approximate surface area is 82.4 Å². The number of piperidine rings is 1. The average Bonchev–Trinajstić information content (AvgIpc) is 1.84. The van der Waals surface area contributed by atoms with Crippen molar-refractivity contribution in [2.45, 2.75) is 38.4 Å². The van der Waals surface area contributed by atoms with Gasteiger partial charge in [0.1, 0.15) is 0 Å². The molecule has 0 spiro atoms. The third-order valence-electron chi connectivity index (χ3n) is 2.80. The van der Waals surface area contributed by atoms with Crippen LogP contribution in [0.5, 0.6) is 0 Å². The van der Waals surface area contributed by atoms with Crippen molar-refractivity contribution in [3.05, 3.63) is 0 Å². The van der Waals surface area contributed by atoms with Crippen LogP contribution in [0.25, 0.3) is 0 Å². The predicted molar refractivity (Wildman–Crippen MR) is 54.8 cm³/mol. The largest absolute Gasteiger partial charge is 0.292 e. The van der Waals surface area contributed by atoms with Crippen LogP contribution in [0.2, 0.25) is 0 Å². The van der Waals surface area contributed by atoms with E-state index in [9.17, 15) is 0 Å². The summed E-state index contributed by atoms with van der Waals surface area (Å²) in [5.41, 5.74) is 0. The summed E-state index contributed by atoms with van der Waals surface area (Å²) in [6, 6.07) is 2.49. The molecule has 0 N–H and O–H groups in total. The highest BCUT2D eigenvalue weighted by Gasteiger charge is 2.44. The molecule has 0 aromatic rings. The Morgan fingerprint density at radius 3 is 2.27 bits per heavy atom. The van der Waals surface area contributed by atoms with Crippen LogP contribution in [0.1, 0.15) is 20.3 Å². The van der Waals surface area contributed by atoms with Crippen LogP contribution >= 0.6 is 22.9 Å². The minimum Gasteiger partial charge on any atom is -0.292 e. The van der Waals surface area contributed by atoms with Gasteiger partial charge in [-0.2, -0.15) is 0 Å². The number of piperazine rings is 1. The zero-order chi connectivity index (χ0) is 8.01. The first-order chi connectivity index (χ1) is 5.18. The van der Waals surface area contributed by atoms with Gasteiger partial charge in [0.25, 0.3) is 0 Å². The molecule has 2 unspecified atom stereocenters. The van der Waals surface area contributed by atoms with Gasteiger partial charge in [0.2, 0.25) is 0 Å². The monoisotopic (exact) mass is 266 g/mol. The minimum atomic E-state index is 0.754. The van der Waals surface area contributed by atoms with Crippen molar-refractivity contribution in [1.29, 1.82) is 0 Å². The highest BCUT2D eigenvalue weighted by Crippen LogP contribution is 2.35. The minimum absolute atomic E-state index is 0.754. The van der Waals surface area contributed by atoms with Crippen molar-refractivity contribution in [3.8, 4) is 0 Å². The lowest BCUT2D eigenvalue weighted by Gasteiger charge is -2.57. The molecule has 2 atom stereocenters. The van der Waals surface area contributed by atoms with Crippen molar-refractivity contribution in [2.75, 3.05) is 13.1 Å². The standard InChI is InChI=1S/C8H15IN2/c1-6(2)11-7-3-8(11)5-10(9)4-7/h6-8H,3-5H2,1-2H3. The van der Waals surface area contributed by atoms with E-state index in [1.165, 1.54) is 19.5 Å². The molecule has 3 fully saturated rings. The molecule has 0 aromatic heterocycles. The van der Waals surface area contributed by atoms with Crippen molar-refractivity contribution in [3.63, 3.8) is 0 Å². The van der Waals surface area contributed by atoms with Gasteiger partial charge in [0.05, 0.1) is 0 Å². The number of hydrogen-bond donors (Lipinski definition) is 0. The molecule has 3 heterocycles. The lowest BCUT2D eigenvalue weighted by Crippen LogP contribution is -2.68. The number of hydrogen-bond acceptors (Lipinski definition) is 2. The maximum atomic E-state index is 2.66. The van der Waals surface area contributed by atoms with Gasteiger partial charge in [-0.25, -0.2) is 3.11 Å². The van der Waals surface area contributed by atoms with Crippen LogP contribution in [-0.4, -0.2) is 39.2 Å². The van der Waals surface area contributed by atoms with E-state index < -0.39 is 0 Å². The maximum Gasteiger partial charge on any atom is 0.0252 e. The molecular weight excluding hydrogens is 251 g/mol. The second-order valence-electron chi connectivity index (χ2n) is 3.91. The zero-order valence-corrected chi connectivity index (χ0v) is 9.28. The van der Waals surface area contributed by atoms with E-state index in [0.29, 0.717) is 0 Å². The molecule has 2 bridgehead atoms. The summed E-state index contributed by atoms with van der Waals surface area (Å²) in [5, 5.41) is 0. The molecule has 0 radical (unpaired) electrons. The maximum absolute atomic E-state index is 2.66. The summed E-state index contributed by atoms with van der Waals surface area (Å²) < 4.78 is 2.43. The first kappa shape index (κ1) is 8.26. The molecule has 3 aliphatic heterocycles. The van der Waals surface area contributed by atoms with Gasteiger partial charge in [0, 0.05) is 54.1 Å². The first-order valence-electron chi connectivity index (χ1n) is 4.36. The van der Waals surface area contributed by atoms with E-state index in [4.69, 9.17) is 0 Å². The molecular formula is C8H15IN2. The summed E-state index contributed by atoms with van der Waals surface area (Å²) in [7, 11) is 0. The topological polar surface area (TPSA) is 6.48 Å². The van der Waals surface area contributed by atoms with Crippen molar-refractivity contribution < 1.29 is 0 Å². The second-order valence-corrected chi connectivity index (χ2v) is 5.28. The summed E-state index contributed by atoms with van der Waals surface area (Å²) in [6.07, 6.45) is 1.44. The van der Waals surface area contributed by atoms with Crippen LogP contribution in [0.15, 0.2) is 0 Å². The summed E-state index contributed by atoms with van der Waals surface area (Å²) in [4.78, 5) is 2.66. The van der Waals surface area contributed by atoms with Gasteiger partial charge in [-0.1, -0.05) is 0 Å². The highest BCUT2D eigenvalue weighted by molar-refractivity contribution is 14.1. The molecule has 0 aromatic carbocycles. The molecule has 11 heavy (non-hydrogen) atoms. The number of rotatable bonds is 1. The van der Waals surface area contributed by atoms with E-state index in [1.54, 1.807) is 0 Å². The lowest BCUT2D eigenvalue weighted by molar-refractivity contribution is -0.0579. The smallest absolute Gasteiger partial charge is 0.0252 e. The normalized spacial score (nSPS) is 39.3. The van der Waals surface area contributed by atoms with Crippen molar-refractivity contribution >= 4 is 22.9 Å². The van der Waals surface area contributed by atoms with E-state index in [2.05, 4.69) is 44.7 Å². The van der Waals surface area contributed by atoms with Crippen LogP contribution in [-0.2, 0) is 0 Å². The SMILES string of the molecule is CC(C)N1C2CC1CN(I)C2. The molecule has 3 heteroatoms. The Morgan fingerprint density at radius 2 is 1.82 bits per heavy atom. The Bertz CT molecular complexity index is 148. The van der Waals surface area contributed by atoms with Crippen molar-refractivity contribution in [1.82, 2.24) is 8.01 Å². The molecule has 0 saturated carbocycles. The van der Waals surface area contributed by atoms with Crippen LogP contribution in [0.3, 0.4) is 0 Å². The molecule has 0 aliphatic carbocycles. The summed E-state index contributed by atoms with van der Waals surface area (Å²) in [5.74, 6) is 0. The summed E-state index contributed by atoms with van der Waals surface area (Å²) in [6.45, 7) is 7.16. The Balaban J connectivity index is 1.98. The number of nitrogens with zero attached hydrogens (tertiary/aromatic N) is 2.